The number of rotatable bonds is 4. The maximum atomic E-state index is 13.2. The van der Waals surface area contributed by atoms with Crippen LogP contribution in [0.15, 0.2) is 45.8 Å². The first-order valence-corrected chi connectivity index (χ1v) is 8.99. The van der Waals surface area contributed by atoms with Crippen LogP contribution in [0.3, 0.4) is 0 Å². The minimum absolute atomic E-state index is 0.00376. The summed E-state index contributed by atoms with van der Waals surface area (Å²) in [5, 5.41) is 0. The van der Waals surface area contributed by atoms with Crippen LogP contribution in [0.2, 0.25) is 0 Å². The van der Waals surface area contributed by atoms with Gasteiger partial charge in [-0.3, -0.25) is 4.18 Å². The summed E-state index contributed by atoms with van der Waals surface area (Å²) in [6.07, 6.45) is -0.771. The summed E-state index contributed by atoms with van der Waals surface area (Å²) >= 11 is 3.21. The first kappa shape index (κ1) is 17.1. The molecule has 0 bridgehead atoms. The van der Waals surface area contributed by atoms with Gasteiger partial charge < -0.3 is 9.47 Å². The molecule has 1 aliphatic heterocycles. The van der Waals surface area contributed by atoms with E-state index >= 15 is 0 Å². The zero-order valence-corrected chi connectivity index (χ0v) is 14.4. The van der Waals surface area contributed by atoms with Crippen molar-refractivity contribution in [3.63, 3.8) is 0 Å². The topological polar surface area (TPSA) is 61.8 Å². The largest absolute Gasteiger partial charge is 0.486 e. The third-order valence-electron chi connectivity index (χ3n) is 3.22. The SMILES string of the molecule is O=S(=O)(OC[C@H]1COc2cc(F)c(F)cc2O1)c1ccc(Br)cc1. The van der Waals surface area contributed by atoms with Gasteiger partial charge in [-0.1, -0.05) is 15.9 Å². The Morgan fingerprint density at radius 3 is 2.42 bits per heavy atom. The second kappa shape index (κ2) is 6.66. The van der Waals surface area contributed by atoms with E-state index in [-0.39, 0.29) is 29.6 Å². The molecule has 0 amide bonds. The molecular weight excluding hydrogens is 410 g/mol. The Labute approximate surface area is 145 Å². The highest BCUT2D eigenvalue weighted by atomic mass is 79.9. The maximum absolute atomic E-state index is 13.2. The van der Waals surface area contributed by atoms with Gasteiger partial charge >= 0.3 is 0 Å². The van der Waals surface area contributed by atoms with Crippen LogP contribution in [0.1, 0.15) is 0 Å². The van der Waals surface area contributed by atoms with Crippen LogP contribution in [0.4, 0.5) is 8.78 Å². The summed E-state index contributed by atoms with van der Waals surface area (Å²) < 4.78 is 66.8. The first-order chi connectivity index (χ1) is 11.3. The van der Waals surface area contributed by atoms with Gasteiger partial charge in [0.2, 0.25) is 0 Å². The van der Waals surface area contributed by atoms with Gasteiger partial charge in [0.1, 0.15) is 13.2 Å². The summed E-state index contributed by atoms with van der Waals surface area (Å²) in [4.78, 5) is -0.00376. The number of benzene rings is 2. The predicted octanol–water partition coefficient (Wildman–Crippen LogP) is 3.27. The van der Waals surface area contributed by atoms with Crippen molar-refractivity contribution >= 4 is 26.0 Å². The first-order valence-electron chi connectivity index (χ1n) is 6.78. The molecule has 0 unspecified atom stereocenters. The summed E-state index contributed by atoms with van der Waals surface area (Å²) in [6.45, 7) is -0.370. The summed E-state index contributed by atoms with van der Waals surface area (Å²) in [7, 11) is -3.96. The van der Waals surface area contributed by atoms with Crippen molar-refractivity contribution in [1.29, 1.82) is 0 Å². The lowest BCUT2D eigenvalue weighted by atomic mass is 10.2. The summed E-state index contributed by atoms with van der Waals surface area (Å²) in [6, 6.07) is 7.66. The van der Waals surface area contributed by atoms with Crippen LogP contribution in [0, 0.1) is 11.6 Å². The zero-order chi connectivity index (χ0) is 17.3. The van der Waals surface area contributed by atoms with Gasteiger partial charge in [0.15, 0.2) is 29.2 Å². The van der Waals surface area contributed by atoms with Gasteiger partial charge in [-0.25, -0.2) is 8.78 Å². The van der Waals surface area contributed by atoms with Gasteiger partial charge in [0, 0.05) is 16.6 Å². The Morgan fingerprint density at radius 2 is 1.75 bits per heavy atom. The standard InChI is InChI=1S/C15H11BrF2O5S/c16-9-1-3-11(4-2-9)24(19,20)22-8-10-7-21-14-5-12(17)13(18)6-15(14)23-10/h1-6,10H,7-8H2/t10-/m1/s1. The number of ether oxygens (including phenoxy) is 2. The van der Waals surface area contributed by atoms with E-state index in [4.69, 9.17) is 13.7 Å². The van der Waals surface area contributed by atoms with Gasteiger partial charge in [-0.2, -0.15) is 8.42 Å². The molecule has 0 radical (unpaired) electrons. The fraction of sp³-hybridized carbons (Fsp3) is 0.200. The molecule has 0 aromatic heterocycles. The number of hydrogen-bond acceptors (Lipinski definition) is 5. The fourth-order valence-electron chi connectivity index (χ4n) is 2.03. The van der Waals surface area contributed by atoms with Crippen molar-refractivity contribution < 1.29 is 30.9 Å². The summed E-state index contributed by atoms with van der Waals surface area (Å²) in [5.41, 5.74) is 0. The predicted molar refractivity (Wildman–Crippen MR) is 83.5 cm³/mol. The molecule has 0 saturated carbocycles. The minimum Gasteiger partial charge on any atom is -0.486 e. The quantitative estimate of drug-likeness (QED) is 0.710. The van der Waals surface area contributed by atoms with Crippen molar-refractivity contribution in [2.75, 3.05) is 13.2 Å². The molecule has 0 fully saturated rings. The molecule has 128 valence electrons. The highest BCUT2D eigenvalue weighted by Gasteiger charge is 2.26. The molecule has 0 saturated heterocycles. The second-order valence-corrected chi connectivity index (χ2v) is 7.49. The molecule has 1 aliphatic rings. The molecule has 0 spiro atoms. The second-order valence-electron chi connectivity index (χ2n) is 4.96. The van der Waals surface area contributed by atoms with E-state index in [0.29, 0.717) is 0 Å². The summed E-state index contributed by atoms with van der Waals surface area (Å²) in [5.74, 6) is -2.08. The van der Waals surface area contributed by atoms with E-state index in [9.17, 15) is 17.2 Å². The fourth-order valence-corrected chi connectivity index (χ4v) is 3.23. The van der Waals surface area contributed by atoms with E-state index in [1.165, 1.54) is 12.1 Å². The van der Waals surface area contributed by atoms with Crippen LogP contribution in [0.25, 0.3) is 0 Å². The third-order valence-corrected chi connectivity index (χ3v) is 5.04. The van der Waals surface area contributed by atoms with E-state index < -0.39 is 27.9 Å². The maximum Gasteiger partial charge on any atom is 0.297 e. The Hall–Kier alpha value is -1.71. The van der Waals surface area contributed by atoms with Crippen LogP contribution in [-0.2, 0) is 14.3 Å². The van der Waals surface area contributed by atoms with Crippen LogP contribution < -0.4 is 9.47 Å². The molecule has 3 rings (SSSR count). The minimum atomic E-state index is -3.96. The molecule has 5 nitrogen and oxygen atoms in total. The van der Waals surface area contributed by atoms with Crippen molar-refractivity contribution in [1.82, 2.24) is 0 Å². The molecule has 0 N–H and O–H groups in total. The van der Waals surface area contributed by atoms with Crippen molar-refractivity contribution in [3.8, 4) is 11.5 Å². The highest BCUT2D eigenvalue weighted by Crippen LogP contribution is 2.33. The average Bonchev–Trinajstić information content (AvgIpc) is 2.54. The Balaban J connectivity index is 1.67. The average molecular weight is 421 g/mol. The number of hydrogen-bond donors (Lipinski definition) is 0. The normalized spacial score (nSPS) is 16.9. The molecule has 9 heteroatoms. The van der Waals surface area contributed by atoms with Gasteiger partial charge in [-0.15, -0.1) is 0 Å². The highest BCUT2D eigenvalue weighted by molar-refractivity contribution is 9.10. The molecule has 2 aromatic carbocycles. The van der Waals surface area contributed by atoms with Crippen LogP contribution in [0.5, 0.6) is 11.5 Å². The lowest BCUT2D eigenvalue weighted by Crippen LogP contribution is -2.34. The van der Waals surface area contributed by atoms with Gasteiger partial charge in [0.25, 0.3) is 10.1 Å². The van der Waals surface area contributed by atoms with E-state index in [1.54, 1.807) is 12.1 Å². The Morgan fingerprint density at radius 1 is 1.12 bits per heavy atom. The molecule has 24 heavy (non-hydrogen) atoms. The van der Waals surface area contributed by atoms with E-state index in [2.05, 4.69) is 15.9 Å². The zero-order valence-electron chi connectivity index (χ0n) is 12.0. The van der Waals surface area contributed by atoms with Crippen molar-refractivity contribution in [2.24, 2.45) is 0 Å². The molecule has 1 atom stereocenters. The molecular formula is C15H11BrF2O5S. The van der Waals surface area contributed by atoms with Crippen LogP contribution >= 0.6 is 15.9 Å². The molecule has 0 aliphatic carbocycles. The smallest absolute Gasteiger partial charge is 0.297 e. The molecule has 2 aromatic rings. The lowest BCUT2D eigenvalue weighted by molar-refractivity contribution is 0.0546. The third kappa shape index (κ3) is 3.68. The van der Waals surface area contributed by atoms with Gasteiger partial charge in [-0.05, 0) is 24.3 Å². The lowest BCUT2D eigenvalue weighted by Gasteiger charge is -2.26. The van der Waals surface area contributed by atoms with E-state index in [1.807, 2.05) is 0 Å². The van der Waals surface area contributed by atoms with E-state index in [0.717, 1.165) is 16.6 Å². The Kier molecular flexibility index (Phi) is 4.75. The van der Waals surface area contributed by atoms with Crippen molar-refractivity contribution in [3.05, 3.63) is 52.5 Å². The molecule has 1 heterocycles. The van der Waals surface area contributed by atoms with Crippen LogP contribution in [-0.4, -0.2) is 27.7 Å². The van der Waals surface area contributed by atoms with Crippen molar-refractivity contribution in [2.45, 2.75) is 11.0 Å². The van der Waals surface area contributed by atoms with Gasteiger partial charge in [0.05, 0.1) is 4.90 Å². The Bertz CT molecular complexity index is 855. The number of halogens is 3. The monoisotopic (exact) mass is 420 g/mol. The number of fused-ring (bicyclic) bond motifs is 1.